The molecular formula is C30H33F3N4O4. The Labute approximate surface area is 236 Å². The van der Waals surface area contributed by atoms with Gasteiger partial charge in [0.15, 0.2) is 5.75 Å². The molecule has 11 heteroatoms. The molecular weight excluding hydrogens is 537 g/mol. The van der Waals surface area contributed by atoms with Crippen LogP contribution in [0.2, 0.25) is 0 Å². The molecule has 0 unspecified atom stereocenters. The van der Waals surface area contributed by atoms with Gasteiger partial charge in [-0.1, -0.05) is 25.1 Å². The van der Waals surface area contributed by atoms with E-state index in [-0.39, 0.29) is 29.7 Å². The summed E-state index contributed by atoms with van der Waals surface area (Å²) >= 11 is 0. The number of nitrogens with zero attached hydrogens (tertiary/aromatic N) is 3. The van der Waals surface area contributed by atoms with Crippen molar-refractivity contribution in [2.24, 2.45) is 5.92 Å². The lowest BCUT2D eigenvalue weighted by atomic mass is 9.98. The third kappa shape index (κ3) is 7.22. The molecule has 0 saturated carbocycles. The number of aromatic nitrogens is 1. The number of carbonyl (C=O) groups excluding carboxylic acids is 2. The van der Waals surface area contributed by atoms with Crippen molar-refractivity contribution in [3.63, 3.8) is 0 Å². The number of likely N-dealkylation sites (N-methyl/N-ethyl adjacent to an activating group) is 1. The highest BCUT2D eigenvalue weighted by molar-refractivity contribution is 6.07. The summed E-state index contributed by atoms with van der Waals surface area (Å²) in [4.78, 5) is 34.1. The van der Waals surface area contributed by atoms with Crippen LogP contribution in [0.1, 0.15) is 45.7 Å². The summed E-state index contributed by atoms with van der Waals surface area (Å²) in [6.07, 6.45) is -1.86. The van der Waals surface area contributed by atoms with E-state index in [9.17, 15) is 27.9 Å². The second kappa shape index (κ2) is 12.7. The summed E-state index contributed by atoms with van der Waals surface area (Å²) in [6, 6.07) is 12.6. The number of aliphatic hydroxyl groups excluding tert-OH is 1. The fourth-order valence-electron chi connectivity index (χ4n) is 4.74. The number of hydrogen-bond donors (Lipinski definition) is 2. The topological polar surface area (TPSA) is 95.0 Å². The van der Waals surface area contributed by atoms with Crippen LogP contribution in [0.25, 0.3) is 0 Å². The average molecular weight is 571 g/mol. The van der Waals surface area contributed by atoms with Crippen molar-refractivity contribution in [3.8, 4) is 5.75 Å². The first-order chi connectivity index (χ1) is 19.5. The second-order valence-corrected chi connectivity index (χ2v) is 10.4. The predicted molar refractivity (Wildman–Crippen MR) is 148 cm³/mol. The SMILES string of the molecule is C[C@H]1CN([C@@H](C)CO)C(=O)c2cccc(NC(=O)c3ccncc3)c2O[C@H]1CN(C)Cc1ccc(C(F)(F)F)cc1. The highest BCUT2D eigenvalue weighted by atomic mass is 19.4. The van der Waals surface area contributed by atoms with E-state index in [2.05, 4.69) is 10.3 Å². The molecule has 218 valence electrons. The largest absolute Gasteiger partial charge is 0.486 e. The number of nitrogens with one attached hydrogen (secondary N) is 1. The first-order valence-electron chi connectivity index (χ1n) is 13.3. The van der Waals surface area contributed by atoms with Crippen molar-refractivity contribution in [1.29, 1.82) is 0 Å². The number of benzene rings is 2. The van der Waals surface area contributed by atoms with Gasteiger partial charge in [0.05, 0.1) is 29.5 Å². The molecule has 2 aromatic carbocycles. The number of amides is 2. The molecule has 2 amide bonds. The molecule has 41 heavy (non-hydrogen) atoms. The van der Waals surface area contributed by atoms with E-state index in [0.29, 0.717) is 36.4 Å². The zero-order valence-electron chi connectivity index (χ0n) is 23.1. The number of anilines is 1. The third-order valence-electron chi connectivity index (χ3n) is 7.11. The number of rotatable bonds is 8. The molecule has 2 N–H and O–H groups in total. The zero-order chi connectivity index (χ0) is 29.7. The molecule has 0 radical (unpaired) electrons. The Balaban J connectivity index is 1.63. The number of alkyl halides is 3. The predicted octanol–water partition coefficient (Wildman–Crippen LogP) is 4.70. The lowest BCUT2D eigenvalue weighted by Crippen LogP contribution is -2.49. The van der Waals surface area contributed by atoms with Gasteiger partial charge in [0.1, 0.15) is 6.10 Å². The maximum absolute atomic E-state index is 13.6. The normalized spacial score (nSPS) is 18.2. The quantitative estimate of drug-likeness (QED) is 0.408. The van der Waals surface area contributed by atoms with E-state index in [1.54, 1.807) is 42.2 Å². The van der Waals surface area contributed by atoms with Crippen molar-refractivity contribution < 1.29 is 32.6 Å². The van der Waals surface area contributed by atoms with Crippen LogP contribution in [-0.4, -0.2) is 70.6 Å². The smallest absolute Gasteiger partial charge is 0.416 e. The summed E-state index contributed by atoms with van der Waals surface area (Å²) in [7, 11) is 1.84. The van der Waals surface area contributed by atoms with Gasteiger partial charge in [-0.3, -0.25) is 19.5 Å². The standard InChI is InChI=1S/C30H33F3N4O4/c1-19-15-37(20(2)18-38)29(40)24-5-4-6-25(35-28(39)22-11-13-34-14-12-22)27(24)41-26(19)17-36(3)16-21-7-9-23(10-8-21)30(31,32)33/h4-14,19-20,26,38H,15-18H2,1-3H3,(H,35,39)/t19-,20-,26-/m0/s1. The number of ether oxygens (including phenoxy) is 1. The molecule has 4 rings (SSSR count). The molecule has 8 nitrogen and oxygen atoms in total. The highest BCUT2D eigenvalue weighted by Gasteiger charge is 2.35. The minimum atomic E-state index is -4.40. The summed E-state index contributed by atoms with van der Waals surface area (Å²) < 4.78 is 45.4. The monoisotopic (exact) mass is 570 g/mol. The van der Waals surface area contributed by atoms with Crippen LogP contribution in [0.4, 0.5) is 18.9 Å². The summed E-state index contributed by atoms with van der Waals surface area (Å²) in [5.74, 6) is -0.705. The van der Waals surface area contributed by atoms with Crippen molar-refractivity contribution in [2.45, 2.75) is 38.7 Å². The van der Waals surface area contributed by atoms with Crippen LogP contribution in [0.3, 0.4) is 0 Å². The van der Waals surface area contributed by atoms with Crippen LogP contribution in [0.15, 0.2) is 67.0 Å². The first-order valence-corrected chi connectivity index (χ1v) is 13.3. The zero-order valence-corrected chi connectivity index (χ0v) is 23.1. The van der Waals surface area contributed by atoms with Crippen molar-refractivity contribution >= 4 is 17.5 Å². The van der Waals surface area contributed by atoms with Crippen LogP contribution in [-0.2, 0) is 12.7 Å². The molecule has 0 bridgehead atoms. The Bertz CT molecular complexity index is 1350. The van der Waals surface area contributed by atoms with E-state index in [4.69, 9.17) is 4.74 Å². The van der Waals surface area contributed by atoms with Gasteiger partial charge >= 0.3 is 6.18 Å². The average Bonchev–Trinajstić information content (AvgIpc) is 2.95. The van der Waals surface area contributed by atoms with Gasteiger partial charge in [0, 0.05) is 43.5 Å². The maximum atomic E-state index is 13.6. The molecule has 3 atom stereocenters. The maximum Gasteiger partial charge on any atom is 0.416 e. The van der Waals surface area contributed by atoms with Gasteiger partial charge < -0.3 is 20.1 Å². The van der Waals surface area contributed by atoms with Gasteiger partial charge in [-0.25, -0.2) is 0 Å². The Kier molecular flexibility index (Phi) is 9.29. The number of para-hydroxylation sites is 1. The van der Waals surface area contributed by atoms with E-state index in [1.165, 1.54) is 24.5 Å². The minimum Gasteiger partial charge on any atom is -0.486 e. The third-order valence-corrected chi connectivity index (χ3v) is 7.11. The van der Waals surface area contributed by atoms with Crippen LogP contribution in [0, 0.1) is 5.92 Å². The Hall–Kier alpha value is -3.96. The Morgan fingerprint density at radius 3 is 2.49 bits per heavy atom. The van der Waals surface area contributed by atoms with Gasteiger partial charge in [0.2, 0.25) is 0 Å². The molecule has 0 fully saturated rings. The second-order valence-electron chi connectivity index (χ2n) is 10.4. The number of halogens is 3. The fraction of sp³-hybridized carbons (Fsp3) is 0.367. The van der Waals surface area contributed by atoms with Crippen LogP contribution in [0.5, 0.6) is 5.75 Å². The Morgan fingerprint density at radius 1 is 1.17 bits per heavy atom. The van der Waals surface area contributed by atoms with Crippen LogP contribution < -0.4 is 10.1 Å². The molecule has 3 aromatic rings. The number of fused-ring (bicyclic) bond motifs is 1. The molecule has 1 aromatic heterocycles. The van der Waals surface area contributed by atoms with Crippen molar-refractivity contribution in [1.82, 2.24) is 14.8 Å². The molecule has 0 spiro atoms. The summed E-state index contributed by atoms with van der Waals surface area (Å²) in [6.45, 7) is 4.52. The lowest BCUT2D eigenvalue weighted by Gasteiger charge is -2.38. The first kappa shape index (κ1) is 30.0. The van der Waals surface area contributed by atoms with E-state index >= 15 is 0 Å². The number of aliphatic hydroxyl groups is 1. The molecule has 0 aliphatic carbocycles. The molecule has 1 aliphatic rings. The van der Waals surface area contributed by atoms with Crippen molar-refractivity contribution in [2.75, 3.05) is 32.1 Å². The van der Waals surface area contributed by atoms with Gasteiger partial charge in [0.25, 0.3) is 11.8 Å². The summed E-state index contributed by atoms with van der Waals surface area (Å²) in [5, 5.41) is 12.7. The van der Waals surface area contributed by atoms with Crippen LogP contribution >= 0.6 is 0 Å². The van der Waals surface area contributed by atoms with E-state index in [1.807, 2.05) is 18.9 Å². The Morgan fingerprint density at radius 2 is 1.85 bits per heavy atom. The van der Waals surface area contributed by atoms with Gasteiger partial charge in [-0.05, 0) is 55.9 Å². The lowest BCUT2D eigenvalue weighted by molar-refractivity contribution is -0.137. The molecule has 2 heterocycles. The van der Waals surface area contributed by atoms with Gasteiger partial charge in [-0.2, -0.15) is 13.2 Å². The highest BCUT2D eigenvalue weighted by Crippen LogP contribution is 2.35. The number of pyridine rings is 1. The summed E-state index contributed by atoms with van der Waals surface area (Å²) in [5.41, 5.74) is 0.947. The van der Waals surface area contributed by atoms with E-state index in [0.717, 1.165) is 12.1 Å². The minimum absolute atomic E-state index is 0.194. The molecule has 1 aliphatic heterocycles. The fourth-order valence-corrected chi connectivity index (χ4v) is 4.74. The van der Waals surface area contributed by atoms with Gasteiger partial charge in [-0.15, -0.1) is 0 Å². The van der Waals surface area contributed by atoms with E-state index < -0.39 is 29.8 Å². The number of hydrogen-bond acceptors (Lipinski definition) is 6. The molecule has 0 saturated heterocycles. The number of carbonyl (C=O) groups is 2. The van der Waals surface area contributed by atoms with Crippen molar-refractivity contribution in [3.05, 3.63) is 89.2 Å².